The van der Waals surface area contributed by atoms with E-state index < -0.39 is 0 Å². The molecule has 1 amide bonds. The molecule has 0 unspecified atom stereocenters. The minimum absolute atomic E-state index is 0.111. The second-order valence-electron chi connectivity index (χ2n) is 3.95. The van der Waals surface area contributed by atoms with Gasteiger partial charge in [-0.25, -0.2) is 0 Å². The van der Waals surface area contributed by atoms with Crippen molar-refractivity contribution in [3.05, 3.63) is 0 Å². The molecule has 0 rings (SSSR count). The van der Waals surface area contributed by atoms with E-state index in [1.165, 1.54) is 20.0 Å². The molecule has 0 saturated carbocycles. The average molecular weight is 229 g/mol. The van der Waals surface area contributed by atoms with Gasteiger partial charge in [0.1, 0.15) is 0 Å². The van der Waals surface area contributed by atoms with Crippen LogP contribution in [0.15, 0.2) is 0 Å². The van der Waals surface area contributed by atoms with Crippen LogP contribution in [0.2, 0.25) is 0 Å². The summed E-state index contributed by atoms with van der Waals surface area (Å²) in [7, 11) is 3.08. The number of hydrogen-bond donors (Lipinski definition) is 0. The van der Waals surface area contributed by atoms with Crippen LogP contribution in [0.3, 0.4) is 0 Å². The first-order chi connectivity index (χ1) is 7.61. The van der Waals surface area contributed by atoms with Crippen molar-refractivity contribution in [2.45, 2.75) is 45.4 Å². The molecule has 0 radical (unpaired) electrons. The molecule has 0 aromatic carbocycles. The smallest absolute Gasteiger partial charge is 0.307 e. The van der Waals surface area contributed by atoms with E-state index in [2.05, 4.69) is 11.7 Å². The van der Waals surface area contributed by atoms with Gasteiger partial charge in [-0.3, -0.25) is 9.59 Å². The molecule has 0 aromatic heterocycles. The zero-order chi connectivity index (χ0) is 12.4. The van der Waals surface area contributed by atoms with Gasteiger partial charge in [-0.2, -0.15) is 0 Å². The topological polar surface area (TPSA) is 46.6 Å². The van der Waals surface area contributed by atoms with Crippen molar-refractivity contribution in [3.63, 3.8) is 0 Å². The molecule has 0 heterocycles. The van der Waals surface area contributed by atoms with Gasteiger partial charge in [-0.05, 0) is 6.42 Å². The normalized spacial score (nSPS) is 9.94. The lowest BCUT2D eigenvalue weighted by molar-refractivity contribution is -0.141. The molecular weight excluding hydrogens is 206 g/mol. The zero-order valence-corrected chi connectivity index (χ0v) is 10.6. The first kappa shape index (κ1) is 14.9. The highest BCUT2D eigenvalue weighted by atomic mass is 16.5. The maximum Gasteiger partial charge on any atom is 0.307 e. The Bertz CT molecular complexity index is 216. The van der Waals surface area contributed by atoms with Crippen molar-refractivity contribution in [2.24, 2.45) is 0 Å². The summed E-state index contributed by atoms with van der Waals surface area (Å²) in [6.45, 7) is 2.59. The van der Waals surface area contributed by atoms with Gasteiger partial charge < -0.3 is 9.64 Å². The van der Waals surface area contributed by atoms with Crippen LogP contribution in [0.25, 0.3) is 0 Å². The average Bonchev–Trinajstić information content (AvgIpc) is 2.30. The summed E-state index contributed by atoms with van der Waals surface area (Å²) >= 11 is 0. The molecule has 0 N–H and O–H groups in total. The number of unbranched alkanes of at least 4 members (excludes halogenated alkanes) is 3. The molecule has 0 aromatic rings. The predicted molar refractivity (Wildman–Crippen MR) is 63.0 cm³/mol. The van der Waals surface area contributed by atoms with Crippen molar-refractivity contribution < 1.29 is 14.3 Å². The Morgan fingerprint density at radius 3 is 2.38 bits per heavy atom. The maximum absolute atomic E-state index is 11.6. The number of carbonyl (C=O) groups excluding carboxylic acids is 2. The molecule has 94 valence electrons. The van der Waals surface area contributed by atoms with Crippen molar-refractivity contribution in [1.82, 2.24) is 4.90 Å². The van der Waals surface area contributed by atoms with E-state index in [4.69, 9.17) is 0 Å². The first-order valence-electron chi connectivity index (χ1n) is 5.92. The van der Waals surface area contributed by atoms with Gasteiger partial charge >= 0.3 is 5.97 Å². The number of nitrogens with zero attached hydrogens (tertiary/aromatic N) is 1. The van der Waals surface area contributed by atoms with E-state index in [0.717, 1.165) is 12.8 Å². The summed E-state index contributed by atoms with van der Waals surface area (Å²) in [5, 5.41) is 0. The molecule has 0 aliphatic carbocycles. The molecule has 0 fully saturated rings. The molecule has 16 heavy (non-hydrogen) atoms. The zero-order valence-electron chi connectivity index (χ0n) is 10.6. The summed E-state index contributed by atoms with van der Waals surface area (Å²) < 4.78 is 4.52. The third-order valence-electron chi connectivity index (χ3n) is 2.55. The second kappa shape index (κ2) is 9.19. The third kappa shape index (κ3) is 7.26. The van der Waals surface area contributed by atoms with E-state index in [9.17, 15) is 9.59 Å². The summed E-state index contributed by atoms with van der Waals surface area (Å²) in [5.74, 6) is -0.161. The summed E-state index contributed by atoms with van der Waals surface area (Å²) in [6, 6.07) is 0. The predicted octanol–water partition coefficient (Wildman–Crippen LogP) is 1.98. The minimum Gasteiger partial charge on any atom is -0.469 e. The molecule has 0 bridgehead atoms. The Morgan fingerprint density at radius 1 is 1.12 bits per heavy atom. The second-order valence-corrected chi connectivity index (χ2v) is 3.95. The Hall–Kier alpha value is -1.06. The van der Waals surface area contributed by atoms with Crippen molar-refractivity contribution in [2.75, 3.05) is 20.7 Å². The lowest BCUT2D eigenvalue weighted by atomic mass is 10.1. The van der Waals surface area contributed by atoms with Crippen LogP contribution < -0.4 is 0 Å². The van der Waals surface area contributed by atoms with Crippen LogP contribution in [0.4, 0.5) is 0 Å². The number of esters is 1. The molecule has 0 spiro atoms. The standard InChI is InChI=1S/C12H23NO3/c1-4-5-6-7-8-11(14)13(2)10-9-12(15)16-3/h4-10H2,1-3H3. The monoisotopic (exact) mass is 229 g/mol. The number of ether oxygens (including phenoxy) is 1. The molecular formula is C12H23NO3. The van der Waals surface area contributed by atoms with Gasteiger partial charge in [0.05, 0.1) is 13.5 Å². The van der Waals surface area contributed by atoms with Gasteiger partial charge in [-0.1, -0.05) is 26.2 Å². The van der Waals surface area contributed by atoms with Crippen LogP contribution in [0.1, 0.15) is 45.4 Å². The molecule has 0 atom stereocenters. The number of hydrogen-bond acceptors (Lipinski definition) is 3. The molecule has 4 nitrogen and oxygen atoms in total. The number of methoxy groups -OCH3 is 1. The Kier molecular flexibility index (Phi) is 8.58. The fourth-order valence-corrected chi connectivity index (χ4v) is 1.38. The van der Waals surface area contributed by atoms with E-state index in [1.54, 1.807) is 11.9 Å². The highest BCUT2D eigenvalue weighted by Gasteiger charge is 2.10. The van der Waals surface area contributed by atoms with Gasteiger partial charge in [0, 0.05) is 20.0 Å². The van der Waals surface area contributed by atoms with Crippen molar-refractivity contribution in [1.29, 1.82) is 0 Å². The first-order valence-corrected chi connectivity index (χ1v) is 5.92. The van der Waals surface area contributed by atoms with E-state index in [1.807, 2.05) is 0 Å². The number of amides is 1. The molecule has 4 heteroatoms. The van der Waals surface area contributed by atoms with Gasteiger partial charge in [0.15, 0.2) is 0 Å². The minimum atomic E-state index is -0.273. The molecule has 0 aliphatic rings. The van der Waals surface area contributed by atoms with Crippen LogP contribution in [-0.4, -0.2) is 37.5 Å². The lowest BCUT2D eigenvalue weighted by Gasteiger charge is -2.16. The van der Waals surface area contributed by atoms with Crippen LogP contribution in [0, 0.1) is 0 Å². The van der Waals surface area contributed by atoms with E-state index >= 15 is 0 Å². The van der Waals surface area contributed by atoms with E-state index in [-0.39, 0.29) is 18.3 Å². The van der Waals surface area contributed by atoms with Gasteiger partial charge in [0.2, 0.25) is 5.91 Å². The van der Waals surface area contributed by atoms with Crippen molar-refractivity contribution >= 4 is 11.9 Å². The summed E-state index contributed by atoms with van der Waals surface area (Å²) in [5.41, 5.74) is 0. The van der Waals surface area contributed by atoms with E-state index in [0.29, 0.717) is 13.0 Å². The largest absolute Gasteiger partial charge is 0.469 e. The maximum atomic E-state index is 11.6. The molecule has 0 aliphatic heterocycles. The highest BCUT2D eigenvalue weighted by molar-refractivity contribution is 5.76. The van der Waals surface area contributed by atoms with Crippen molar-refractivity contribution in [3.8, 4) is 0 Å². The highest BCUT2D eigenvalue weighted by Crippen LogP contribution is 2.04. The number of rotatable bonds is 8. The van der Waals surface area contributed by atoms with Crippen LogP contribution in [0.5, 0.6) is 0 Å². The third-order valence-corrected chi connectivity index (χ3v) is 2.55. The molecule has 0 saturated heterocycles. The Morgan fingerprint density at radius 2 is 1.81 bits per heavy atom. The summed E-state index contributed by atoms with van der Waals surface area (Å²) in [6.07, 6.45) is 5.25. The number of carbonyl (C=O) groups is 2. The Labute approximate surface area is 98.0 Å². The van der Waals surface area contributed by atoms with Crippen LogP contribution in [-0.2, 0) is 14.3 Å². The quantitative estimate of drug-likeness (QED) is 0.472. The Balaban J connectivity index is 3.61. The van der Waals surface area contributed by atoms with Gasteiger partial charge in [-0.15, -0.1) is 0 Å². The fourth-order valence-electron chi connectivity index (χ4n) is 1.38. The van der Waals surface area contributed by atoms with Crippen LogP contribution >= 0.6 is 0 Å². The lowest BCUT2D eigenvalue weighted by Crippen LogP contribution is -2.29. The fraction of sp³-hybridized carbons (Fsp3) is 0.833. The SMILES string of the molecule is CCCCCCC(=O)N(C)CCC(=O)OC. The van der Waals surface area contributed by atoms with Gasteiger partial charge in [0.25, 0.3) is 0 Å². The summed E-state index contributed by atoms with van der Waals surface area (Å²) in [4.78, 5) is 24.1.